The summed E-state index contributed by atoms with van der Waals surface area (Å²) in [4.78, 5) is 5.01. The van der Waals surface area contributed by atoms with Crippen molar-refractivity contribution in [3.05, 3.63) is 35.9 Å². The van der Waals surface area contributed by atoms with E-state index >= 15 is 0 Å². The standard InChI is InChI=1S/C14H23N3/c1-2-16-8-10-17(11-9-16)14(12-15)13-6-4-3-5-7-13/h3-7,14H,2,8-12,15H2,1H3/t14-/m1/s1. The second-order valence-corrected chi connectivity index (χ2v) is 4.63. The molecule has 1 aromatic rings. The van der Waals surface area contributed by atoms with Crippen molar-refractivity contribution in [2.75, 3.05) is 39.3 Å². The van der Waals surface area contributed by atoms with Crippen LogP contribution >= 0.6 is 0 Å². The Bertz CT molecular complexity index is 317. The highest BCUT2D eigenvalue weighted by Gasteiger charge is 2.23. The van der Waals surface area contributed by atoms with Crippen LogP contribution in [0.5, 0.6) is 0 Å². The minimum atomic E-state index is 0.384. The highest BCUT2D eigenvalue weighted by atomic mass is 15.3. The molecule has 1 fully saturated rings. The molecule has 1 aromatic carbocycles. The summed E-state index contributed by atoms with van der Waals surface area (Å²) in [5.41, 5.74) is 7.29. The number of hydrogen-bond donors (Lipinski definition) is 1. The summed E-state index contributed by atoms with van der Waals surface area (Å²) in [6.07, 6.45) is 0. The lowest BCUT2D eigenvalue weighted by Gasteiger charge is -2.38. The predicted molar refractivity (Wildman–Crippen MR) is 71.9 cm³/mol. The van der Waals surface area contributed by atoms with E-state index in [0.717, 1.165) is 19.6 Å². The SMILES string of the molecule is CCN1CCN([C@H](CN)c2ccccc2)CC1. The Balaban J connectivity index is 2.00. The fraction of sp³-hybridized carbons (Fsp3) is 0.571. The van der Waals surface area contributed by atoms with Gasteiger partial charge in [0.2, 0.25) is 0 Å². The lowest BCUT2D eigenvalue weighted by atomic mass is 10.0. The number of hydrogen-bond acceptors (Lipinski definition) is 3. The van der Waals surface area contributed by atoms with Gasteiger partial charge in [-0.05, 0) is 12.1 Å². The Kier molecular flexibility index (Phi) is 4.54. The smallest absolute Gasteiger partial charge is 0.0471 e. The Morgan fingerprint density at radius 1 is 1.12 bits per heavy atom. The molecule has 17 heavy (non-hydrogen) atoms. The molecular weight excluding hydrogens is 210 g/mol. The van der Waals surface area contributed by atoms with Gasteiger partial charge in [-0.3, -0.25) is 4.90 Å². The largest absolute Gasteiger partial charge is 0.329 e. The molecule has 0 unspecified atom stereocenters. The minimum absolute atomic E-state index is 0.384. The molecule has 0 aliphatic carbocycles. The van der Waals surface area contributed by atoms with Crippen molar-refractivity contribution in [1.82, 2.24) is 9.80 Å². The van der Waals surface area contributed by atoms with Crippen LogP contribution in [0.2, 0.25) is 0 Å². The van der Waals surface area contributed by atoms with Gasteiger partial charge >= 0.3 is 0 Å². The molecular formula is C14H23N3. The van der Waals surface area contributed by atoms with Gasteiger partial charge < -0.3 is 10.6 Å². The van der Waals surface area contributed by atoms with Crippen LogP contribution in [0.4, 0.5) is 0 Å². The molecule has 1 saturated heterocycles. The molecule has 3 heteroatoms. The first-order valence-electron chi connectivity index (χ1n) is 6.56. The molecule has 0 aromatic heterocycles. The topological polar surface area (TPSA) is 32.5 Å². The zero-order valence-corrected chi connectivity index (χ0v) is 10.7. The molecule has 1 atom stereocenters. The molecule has 3 nitrogen and oxygen atoms in total. The van der Waals surface area contributed by atoms with E-state index in [2.05, 4.69) is 47.1 Å². The third kappa shape index (κ3) is 3.06. The third-order valence-electron chi connectivity index (χ3n) is 3.70. The van der Waals surface area contributed by atoms with E-state index in [1.54, 1.807) is 0 Å². The summed E-state index contributed by atoms with van der Waals surface area (Å²) in [6, 6.07) is 11.0. The first-order chi connectivity index (χ1) is 8.35. The summed E-state index contributed by atoms with van der Waals surface area (Å²) in [7, 11) is 0. The van der Waals surface area contributed by atoms with Gasteiger partial charge in [0.05, 0.1) is 0 Å². The van der Waals surface area contributed by atoms with Crippen molar-refractivity contribution in [1.29, 1.82) is 0 Å². The molecule has 1 aliphatic heterocycles. The average molecular weight is 233 g/mol. The van der Waals surface area contributed by atoms with Gasteiger partial charge in [-0.15, -0.1) is 0 Å². The van der Waals surface area contributed by atoms with Crippen LogP contribution in [-0.4, -0.2) is 49.1 Å². The Morgan fingerprint density at radius 2 is 1.76 bits per heavy atom. The quantitative estimate of drug-likeness (QED) is 0.851. The van der Waals surface area contributed by atoms with Crippen LogP contribution in [-0.2, 0) is 0 Å². The summed E-state index contributed by atoms with van der Waals surface area (Å²) in [5.74, 6) is 0. The summed E-state index contributed by atoms with van der Waals surface area (Å²) < 4.78 is 0. The Hall–Kier alpha value is -0.900. The normalized spacial score (nSPS) is 20.4. The zero-order chi connectivity index (χ0) is 12.1. The van der Waals surface area contributed by atoms with Gasteiger partial charge in [0.25, 0.3) is 0 Å². The van der Waals surface area contributed by atoms with E-state index < -0.39 is 0 Å². The summed E-state index contributed by atoms with van der Waals surface area (Å²) >= 11 is 0. The molecule has 2 rings (SSSR count). The molecule has 94 valence electrons. The second kappa shape index (κ2) is 6.15. The zero-order valence-electron chi connectivity index (χ0n) is 10.7. The van der Waals surface area contributed by atoms with Crippen molar-refractivity contribution in [2.45, 2.75) is 13.0 Å². The molecule has 0 spiro atoms. The molecule has 0 bridgehead atoms. The predicted octanol–water partition coefficient (Wildman–Crippen LogP) is 1.32. The van der Waals surface area contributed by atoms with Crippen molar-refractivity contribution < 1.29 is 0 Å². The molecule has 1 aliphatic rings. The van der Waals surface area contributed by atoms with Crippen molar-refractivity contribution >= 4 is 0 Å². The first-order valence-corrected chi connectivity index (χ1v) is 6.56. The van der Waals surface area contributed by atoms with Crippen LogP contribution in [0.3, 0.4) is 0 Å². The highest BCUT2D eigenvalue weighted by molar-refractivity contribution is 5.19. The van der Waals surface area contributed by atoms with Gasteiger partial charge in [0, 0.05) is 38.8 Å². The van der Waals surface area contributed by atoms with E-state index in [0.29, 0.717) is 12.6 Å². The summed E-state index contributed by atoms with van der Waals surface area (Å²) in [5, 5.41) is 0. The number of nitrogens with two attached hydrogens (primary N) is 1. The van der Waals surface area contributed by atoms with Gasteiger partial charge in [0.1, 0.15) is 0 Å². The number of likely N-dealkylation sites (N-methyl/N-ethyl adjacent to an activating group) is 1. The second-order valence-electron chi connectivity index (χ2n) is 4.63. The van der Waals surface area contributed by atoms with Gasteiger partial charge in [-0.2, -0.15) is 0 Å². The third-order valence-corrected chi connectivity index (χ3v) is 3.70. The van der Waals surface area contributed by atoms with Crippen molar-refractivity contribution in [3.63, 3.8) is 0 Å². The van der Waals surface area contributed by atoms with E-state index in [1.807, 2.05) is 0 Å². The Morgan fingerprint density at radius 3 is 2.29 bits per heavy atom. The van der Waals surface area contributed by atoms with Crippen LogP contribution in [0.15, 0.2) is 30.3 Å². The van der Waals surface area contributed by atoms with Gasteiger partial charge in [-0.25, -0.2) is 0 Å². The van der Waals surface area contributed by atoms with Crippen LogP contribution in [0.1, 0.15) is 18.5 Å². The Labute approximate surface area is 104 Å². The lowest BCUT2D eigenvalue weighted by Crippen LogP contribution is -2.48. The fourth-order valence-corrected chi connectivity index (χ4v) is 2.56. The number of benzene rings is 1. The van der Waals surface area contributed by atoms with Crippen LogP contribution in [0.25, 0.3) is 0 Å². The first kappa shape index (κ1) is 12.6. The lowest BCUT2D eigenvalue weighted by molar-refractivity contribution is 0.102. The van der Waals surface area contributed by atoms with Crippen LogP contribution in [0, 0.1) is 0 Å². The fourth-order valence-electron chi connectivity index (χ4n) is 2.56. The molecule has 0 radical (unpaired) electrons. The number of nitrogens with zero attached hydrogens (tertiary/aromatic N) is 2. The van der Waals surface area contributed by atoms with E-state index in [1.165, 1.54) is 18.7 Å². The van der Waals surface area contributed by atoms with E-state index in [9.17, 15) is 0 Å². The maximum atomic E-state index is 5.95. The van der Waals surface area contributed by atoms with Gasteiger partial charge in [0.15, 0.2) is 0 Å². The maximum absolute atomic E-state index is 5.95. The molecule has 0 amide bonds. The maximum Gasteiger partial charge on any atom is 0.0471 e. The van der Waals surface area contributed by atoms with Crippen molar-refractivity contribution in [3.8, 4) is 0 Å². The van der Waals surface area contributed by atoms with Crippen LogP contribution < -0.4 is 5.73 Å². The molecule has 0 saturated carbocycles. The monoisotopic (exact) mass is 233 g/mol. The molecule has 2 N–H and O–H groups in total. The number of rotatable bonds is 4. The van der Waals surface area contributed by atoms with E-state index in [-0.39, 0.29) is 0 Å². The minimum Gasteiger partial charge on any atom is -0.329 e. The number of piperazine rings is 1. The van der Waals surface area contributed by atoms with Gasteiger partial charge in [-0.1, -0.05) is 37.3 Å². The van der Waals surface area contributed by atoms with E-state index in [4.69, 9.17) is 5.73 Å². The summed E-state index contributed by atoms with van der Waals surface area (Å²) in [6.45, 7) is 8.69. The highest BCUT2D eigenvalue weighted by Crippen LogP contribution is 2.20. The average Bonchev–Trinajstić information content (AvgIpc) is 2.42. The molecule has 1 heterocycles. The van der Waals surface area contributed by atoms with Crippen molar-refractivity contribution in [2.24, 2.45) is 5.73 Å².